The summed E-state index contributed by atoms with van der Waals surface area (Å²) in [6.07, 6.45) is 0. The molecule has 1 aromatic carbocycles. The second kappa shape index (κ2) is 4.94. The quantitative estimate of drug-likeness (QED) is 0.758. The molecule has 86 valence electrons. The fourth-order valence-electron chi connectivity index (χ4n) is 1.42. The van der Waals surface area contributed by atoms with E-state index in [1.807, 2.05) is 6.92 Å². The number of halogens is 1. The molecule has 2 N–H and O–H groups in total. The first-order chi connectivity index (χ1) is 7.79. The van der Waals surface area contributed by atoms with Gasteiger partial charge in [0.05, 0.1) is 11.0 Å². The maximum absolute atomic E-state index is 12.9. The molecule has 0 saturated heterocycles. The lowest BCUT2D eigenvalue weighted by atomic mass is 10.3. The predicted octanol–water partition coefficient (Wildman–Crippen LogP) is 1.69. The molecule has 4 nitrogen and oxygen atoms in total. The normalized spacial score (nSPS) is 10.9. The number of ether oxygens (including phenoxy) is 1. The van der Waals surface area contributed by atoms with Gasteiger partial charge in [-0.2, -0.15) is 4.98 Å². The van der Waals surface area contributed by atoms with E-state index in [1.54, 1.807) is 6.07 Å². The third-order valence-electron chi connectivity index (χ3n) is 2.19. The van der Waals surface area contributed by atoms with Crippen LogP contribution < -0.4 is 10.1 Å². The molecular formula is C11H14FN3O. The van der Waals surface area contributed by atoms with Crippen LogP contribution in [0.25, 0.3) is 11.0 Å². The van der Waals surface area contributed by atoms with E-state index in [0.717, 1.165) is 13.1 Å². The number of hydrogen-bond acceptors (Lipinski definition) is 3. The Bertz CT molecular complexity index is 469. The highest BCUT2D eigenvalue weighted by Crippen LogP contribution is 2.16. The SMILES string of the molecule is CCNCCOc1nc2ccc(F)cc2[nH]1. The van der Waals surface area contributed by atoms with E-state index in [0.29, 0.717) is 23.7 Å². The van der Waals surface area contributed by atoms with Crippen LogP contribution >= 0.6 is 0 Å². The van der Waals surface area contributed by atoms with Crippen molar-refractivity contribution in [3.63, 3.8) is 0 Å². The lowest BCUT2D eigenvalue weighted by molar-refractivity contribution is 0.295. The molecule has 16 heavy (non-hydrogen) atoms. The van der Waals surface area contributed by atoms with Crippen LogP contribution in [0.4, 0.5) is 4.39 Å². The molecule has 0 spiro atoms. The van der Waals surface area contributed by atoms with Gasteiger partial charge in [-0.05, 0) is 24.7 Å². The standard InChI is InChI=1S/C11H14FN3O/c1-2-13-5-6-16-11-14-9-4-3-8(12)7-10(9)15-11/h3-4,7,13H,2,5-6H2,1H3,(H,14,15). The number of hydrogen-bond donors (Lipinski definition) is 2. The Balaban J connectivity index is 2.02. The Morgan fingerprint density at radius 1 is 1.50 bits per heavy atom. The van der Waals surface area contributed by atoms with Crippen molar-refractivity contribution >= 4 is 11.0 Å². The molecule has 0 aliphatic carbocycles. The summed E-state index contributed by atoms with van der Waals surface area (Å²) in [6, 6.07) is 4.84. The highest BCUT2D eigenvalue weighted by molar-refractivity contribution is 5.75. The van der Waals surface area contributed by atoms with Crippen LogP contribution in [0.2, 0.25) is 0 Å². The van der Waals surface area contributed by atoms with Crippen LogP contribution in [-0.2, 0) is 0 Å². The van der Waals surface area contributed by atoms with Gasteiger partial charge in [0.15, 0.2) is 0 Å². The van der Waals surface area contributed by atoms with Crippen LogP contribution in [0.3, 0.4) is 0 Å². The van der Waals surface area contributed by atoms with Gasteiger partial charge in [0.25, 0.3) is 6.01 Å². The number of aromatic nitrogens is 2. The molecule has 0 aliphatic heterocycles. The molecule has 0 fully saturated rings. The highest BCUT2D eigenvalue weighted by atomic mass is 19.1. The van der Waals surface area contributed by atoms with Gasteiger partial charge >= 0.3 is 0 Å². The van der Waals surface area contributed by atoms with Crippen LogP contribution in [0.1, 0.15) is 6.92 Å². The third kappa shape index (κ3) is 2.49. The van der Waals surface area contributed by atoms with E-state index in [2.05, 4.69) is 15.3 Å². The van der Waals surface area contributed by atoms with E-state index in [9.17, 15) is 4.39 Å². The summed E-state index contributed by atoms with van der Waals surface area (Å²) >= 11 is 0. The average molecular weight is 223 g/mol. The van der Waals surface area contributed by atoms with Gasteiger partial charge in [-0.25, -0.2) is 4.39 Å². The van der Waals surface area contributed by atoms with Gasteiger partial charge in [-0.1, -0.05) is 6.92 Å². The zero-order valence-electron chi connectivity index (χ0n) is 9.09. The number of nitrogens with one attached hydrogen (secondary N) is 2. The summed E-state index contributed by atoms with van der Waals surface area (Å²) in [7, 11) is 0. The van der Waals surface area contributed by atoms with Gasteiger partial charge in [0.1, 0.15) is 12.4 Å². The number of H-pyrrole nitrogens is 1. The smallest absolute Gasteiger partial charge is 0.294 e. The number of benzene rings is 1. The van der Waals surface area contributed by atoms with Crippen molar-refractivity contribution in [2.45, 2.75) is 6.92 Å². The van der Waals surface area contributed by atoms with Crippen molar-refractivity contribution in [1.29, 1.82) is 0 Å². The van der Waals surface area contributed by atoms with Crippen molar-refractivity contribution in [1.82, 2.24) is 15.3 Å². The Hall–Kier alpha value is -1.62. The largest absolute Gasteiger partial charge is 0.463 e. The lowest BCUT2D eigenvalue weighted by Crippen LogP contribution is -2.20. The van der Waals surface area contributed by atoms with Gasteiger partial charge in [-0.3, -0.25) is 0 Å². The van der Waals surface area contributed by atoms with Crippen molar-refractivity contribution in [3.8, 4) is 6.01 Å². The summed E-state index contributed by atoms with van der Waals surface area (Å²) in [4.78, 5) is 7.09. The number of nitrogens with zero attached hydrogens (tertiary/aromatic N) is 1. The summed E-state index contributed by atoms with van der Waals surface area (Å²) in [5.41, 5.74) is 1.36. The van der Waals surface area contributed by atoms with E-state index >= 15 is 0 Å². The van der Waals surface area contributed by atoms with Gasteiger partial charge in [0.2, 0.25) is 0 Å². The number of rotatable bonds is 5. The fourth-order valence-corrected chi connectivity index (χ4v) is 1.42. The first kappa shape index (κ1) is 10.9. The zero-order valence-corrected chi connectivity index (χ0v) is 9.09. The number of aromatic amines is 1. The molecule has 1 aromatic heterocycles. The molecule has 1 heterocycles. The third-order valence-corrected chi connectivity index (χ3v) is 2.19. The summed E-state index contributed by atoms with van der Waals surface area (Å²) in [6.45, 7) is 4.25. The second-order valence-electron chi connectivity index (χ2n) is 3.41. The first-order valence-electron chi connectivity index (χ1n) is 5.28. The molecule has 0 bridgehead atoms. The summed E-state index contributed by atoms with van der Waals surface area (Å²) in [5.74, 6) is -0.282. The van der Waals surface area contributed by atoms with Crippen molar-refractivity contribution < 1.29 is 9.13 Å². The number of likely N-dealkylation sites (N-methyl/N-ethyl adjacent to an activating group) is 1. The van der Waals surface area contributed by atoms with E-state index < -0.39 is 0 Å². The van der Waals surface area contributed by atoms with Gasteiger partial charge in [-0.15, -0.1) is 0 Å². The van der Waals surface area contributed by atoms with Crippen LogP contribution in [0.15, 0.2) is 18.2 Å². The average Bonchev–Trinajstić information content (AvgIpc) is 2.66. The van der Waals surface area contributed by atoms with Gasteiger partial charge < -0.3 is 15.0 Å². The molecule has 0 atom stereocenters. The molecular weight excluding hydrogens is 209 g/mol. The molecule has 0 saturated carbocycles. The van der Waals surface area contributed by atoms with Crippen LogP contribution in [0.5, 0.6) is 6.01 Å². The molecule has 0 amide bonds. The predicted molar refractivity (Wildman–Crippen MR) is 60.1 cm³/mol. The Kier molecular flexibility index (Phi) is 3.36. The minimum absolute atomic E-state index is 0.282. The van der Waals surface area contributed by atoms with Crippen molar-refractivity contribution in [3.05, 3.63) is 24.0 Å². The topological polar surface area (TPSA) is 49.9 Å². The molecule has 0 aliphatic rings. The number of fused-ring (bicyclic) bond motifs is 1. The highest BCUT2D eigenvalue weighted by Gasteiger charge is 2.03. The maximum Gasteiger partial charge on any atom is 0.294 e. The minimum atomic E-state index is -0.282. The maximum atomic E-state index is 12.9. The Labute approximate surface area is 92.8 Å². The Morgan fingerprint density at radius 3 is 3.19 bits per heavy atom. The second-order valence-corrected chi connectivity index (χ2v) is 3.41. The van der Waals surface area contributed by atoms with E-state index in [-0.39, 0.29) is 5.82 Å². The molecule has 2 rings (SSSR count). The summed E-state index contributed by atoms with van der Waals surface area (Å²) in [5, 5.41) is 3.13. The summed E-state index contributed by atoms with van der Waals surface area (Å²) < 4.78 is 18.3. The Morgan fingerprint density at radius 2 is 2.38 bits per heavy atom. The number of imidazole rings is 1. The van der Waals surface area contributed by atoms with Crippen molar-refractivity contribution in [2.24, 2.45) is 0 Å². The molecule has 0 unspecified atom stereocenters. The monoisotopic (exact) mass is 223 g/mol. The van der Waals surface area contributed by atoms with Crippen LogP contribution in [0, 0.1) is 5.82 Å². The minimum Gasteiger partial charge on any atom is -0.463 e. The molecule has 5 heteroatoms. The first-order valence-corrected chi connectivity index (χ1v) is 5.28. The lowest BCUT2D eigenvalue weighted by Gasteiger charge is -2.01. The fraction of sp³-hybridized carbons (Fsp3) is 0.364. The van der Waals surface area contributed by atoms with E-state index in [1.165, 1.54) is 12.1 Å². The molecule has 0 radical (unpaired) electrons. The van der Waals surface area contributed by atoms with E-state index in [4.69, 9.17) is 4.74 Å². The van der Waals surface area contributed by atoms with Crippen molar-refractivity contribution in [2.75, 3.05) is 19.7 Å². The van der Waals surface area contributed by atoms with Gasteiger partial charge in [0, 0.05) is 6.54 Å². The zero-order chi connectivity index (χ0) is 11.4. The molecule has 2 aromatic rings. The van der Waals surface area contributed by atoms with Crippen LogP contribution in [-0.4, -0.2) is 29.7 Å².